The molecule has 1 atom stereocenters. The molecule has 1 unspecified atom stereocenters. The van der Waals surface area contributed by atoms with Crippen LogP contribution in [0.1, 0.15) is 12.8 Å². The predicted octanol–water partition coefficient (Wildman–Crippen LogP) is 1.32. The zero-order valence-corrected chi connectivity index (χ0v) is 8.68. The van der Waals surface area contributed by atoms with E-state index in [2.05, 4.69) is 0 Å². The monoisotopic (exact) mass is 209 g/mol. The number of phenols is 1. The van der Waals surface area contributed by atoms with E-state index in [1.54, 1.807) is 25.3 Å². The minimum absolute atomic E-state index is 0.185. The highest BCUT2D eigenvalue weighted by Gasteiger charge is 2.24. The van der Waals surface area contributed by atoms with E-state index in [1.807, 2.05) is 4.90 Å². The Kier molecular flexibility index (Phi) is 2.68. The predicted molar refractivity (Wildman–Crippen MR) is 57.2 cm³/mol. The molecule has 1 aliphatic heterocycles. The molecule has 1 aromatic carbocycles. The van der Waals surface area contributed by atoms with Crippen LogP contribution < -0.4 is 9.64 Å². The minimum Gasteiger partial charge on any atom is -0.508 e. The van der Waals surface area contributed by atoms with Crippen LogP contribution in [-0.2, 0) is 0 Å². The number of hydrogen-bond acceptors (Lipinski definition) is 4. The van der Waals surface area contributed by atoms with Crippen molar-refractivity contribution in [2.75, 3.05) is 18.6 Å². The highest BCUT2D eigenvalue weighted by molar-refractivity contribution is 5.62. The number of ether oxygens (including phenoxy) is 1. The van der Waals surface area contributed by atoms with Gasteiger partial charge in [-0.2, -0.15) is 0 Å². The summed E-state index contributed by atoms with van der Waals surface area (Å²) in [6, 6.07) is 4.90. The van der Waals surface area contributed by atoms with E-state index in [4.69, 9.17) is 4.74 Å². The highest BCUT2D eigenvalue weighted by Crippen LogP contribution is 2.35. The normalized spacial score (nSPS) is 20.7. The van der Waals surface area contributed by atoms with Gasteiger partial charge in [0.25, 0.3) is 0 Å². The number of aliphatic hydroxyl groups excluding tert-OH is 1. The Bertz CT molecular complexity index is 354. The van der Waals surface area contributed by atoms with E-state index in [1.165, 1.54) is 0 Å². The first-order valence-electron chi connectivity index (χ1n) is 5.04. The number of hydrogen-bond donors (Lipinski definition) is 2. The van der Waals surface area contributed by atoms with Gasteiger partial charge in [-0.1, -0.05) is 0 Å². The van der Waals surface area contributed by atoms with Gasteiger partial charge in [-0.25, -0.2) is 0 Å². The van der Waals surface area contributed by atoms with Crippen molar-refractivity contribution in [2.45, 2.75) is 19.1 Å². The van der Waals surface area contributed by atoms with Gasteiger partial charge in [0.1, 0.15) is 17.7 Å². The fourth-order valence-electron chi connectivity index (χ4n) is 1.93. The topological polar surface area (TPSA) is 52.9 Å². The maximum Gasteiger partial charge on any atom is 0.142 e. The molecule has 4 nitrogen and oxygen atoms in total. The summed E-state index contributed by atoms with van der Waals surface area (Å²) in [7, 11) is 1.58. The first-order chi connectivity index (χ1) is 7.22. The summed E-state index contributed by atoms with van der Waals surface area (Å²) in [4.78, 5) is 1.85. The van der Waals surface area contributed by atoms with Crippen molar-refractivity contribution in [1.82, 2.24) is 0 Å². The summed E-state index contributed by atoms with van der Waals surface area (Å²) < 4.78 is 5.20. The molecular weight excluding hydrogens is 194 g/mol. The summed E-state index contributed by atoms with van der Waals surface area (Å²) in [6.45, 7) is 0.793. The van der Waals surface area contributed by atoms with Crippen LogP contribution in [0, 0.1) is 0 Å². The van der Waals surface area contributed by atoms with Crippen molar-refractivity contribution in [1.29, 1.82) is 0 Å². The van der Waals surface area contributed by atoms with E-state index in [0.29, 0.717) is 5.75 Å². The molecule has 2 N–H and O–H groups in total. The second-order valence-corrected chi connectivity index (χ2v) is 3.67. The van der Waals surface area contributed by atoms with Crippen molar-refractivity contribution in [3.8, 4) is 11.5 Å². The van der Waals surface area contributed by atoms with Gasteiger partial charge in [-0.05, 0) is 25.0 Å². The van der Waals surface area contributed by atoms with Crippen LogP contribution in [0.3, 0.4) is 0 Å². The second kappa shape index (κ2) is 3.98. The van der Waals surface area contributed by atoms with Crippen molar-refractivity contribution in [3.05, 3.63) is 18.2 Å². The molecule has 2 rings (SSSR count). The van der Waals surface area contributed by atoms with E-state index >= 15 is 0 Å². The molecule has 0 radical (unpaired) electrons. The zero-order valence-electron chi connectivity index (χ0n) is 8.68. The first kappa shape index (κ1) is 10.1. The molecule has 4 heteroatoms. The van der Waals surface area contributed by atoms with Gasteiger partial charge in [0.05, 0.1) is 12.8 Å². The maximum absolute atomic E-state index is 9.74. The molecule has 0 bridgehead atoms. The molecule has 1 saturated heterocycles. The van der Waals surface area contributed by atoms with E-state index in [-0.39, 0.29) is 5.75 Å². The first-order valence-corrected chi connectivity index (χ1v) is 5.04. The standard InChI is InChI=1S/C11H15NO3/c1-15-10-5-4-8(13)7-9(10)12-6-2-3-11(12)14/h4-5,7,11,13-14H,2-3,6H2,1H3. The van der Waals surface area contributed by atoms with E-state index in [0.717, 1.165) is 25.1 Å². The van der Waals surface area contributed by atoms with E-state index < -0.39 is 6.23 Å². The Labute approximate surface area is 88.7 Å². The fourth-order valence-corrected chi connectivity index (χ4v) is 1.93. The number of benzene rings is 1. The molecular formula is C11H15NO3. The lowest BCUT2D eigenvalue weighted by atomic mass is 10.2. The smallest absolute Gasteiger partial charge is 0.142 e. The molecule has 82 valence electrons. The average Bonchev–Trinajstić information content (AvgIpc) is 2.64. The number of methoxy groups -OCH3 is 1. The molecule has 0 amide bonds. The van der Waals surface area contributed by atoms with Gasteiger partial charge in [0, 0.05) is 12.6 Å². The van der Waals surface area contributed by atoms with Gasteiger partial charge in [0.15, 0.2) is 0 Å². The quantitative estimate of drug-likeness (QED) is 0.771. The Morgan fingerprint density at radius 1 is 1.47 bits per heavy atom. The van der Waals surface area contributed by atoms with E-state index in [9.17, 15) is 10.2 Å². The summed E-state index contributed by atoms with van der Waals surface area (Å²) in [6.07, 6.45) is 1.25. The lowest BCUT2D eigenvalue weighted by Gasteiger charge is -2.24. The minimum atomic E-state index is -0.472. The van der Waals surface area contributed by atoms with Crippen LogP contribution in [0.5, 0.6) is 11.5 Å². The average molecular weight is 209 g/mol. The zero-order chi connectivity index (χ0) is 10.8. The Hall–Kier alpha value is -1.42. The second-order valence-electron chi connectivity index (χ2n) is 3.67. The Balaban J connectivity index is 2.36. The third kappa shape index (κ3) is 1.85. The molecule has 0 aliphatic carbocycles. The van der Waals surface area contributed by atoms with Gasteiger partial charge in [0.2, 0.25) is 0 Å². The van der Waals surface area contributed by atoms with Crippen LogP contribution in [0.2, 0.25) is 0 Å². The molecule has 0 aromatic heterocycles. The summed E-state index contributed by atoms with van der Waals surface area (Å²) >= 11 is 0. The number of phenolic OH excluding ortho intramolecular Hbond substituents is 1. The summed E-state index contributed by atoms with van der Waals surface area (Å²) in [5.74, 6) is 0.860. The third-order valence-electron chi connectivity index (χ3n) is 2.69. The number of rotatable bonds is 2. The largest absolute Gasteiger partial charge is 0.508 e. The number of aliphatic hydroxyl groups is 1. The SMILES string of the molecule is COc1ccc(O)cc1N1CCCC1O. The number of anilines is 1. The molecule has 1 aliphatic rings. The van der Waals surface area contributed by atoms with Gasteiger partial charge >= 0.3 is 0 Å². The van der Waals surface area contributed by atoms with Crippen LogP contribution in [0.25, 0.3) is 0 Å². The van der Waals surface area contributed by atoms with Gasteiger partial charge < -0.3 is 19.8 Å². The van der Waals surface area contributed by atoms with Crippen LogP contribution in [-0.4, -0.2) is 30.1 Å². The third-order valence-corrected chi connectivity index (χ3v) is 2.69. The molecule has 15 heavy (non-hydrogen) atoms. The van der Waals surface area contributed by atoms with Gasteiger partial charge in [-0.15, -0.1) is 0 Å². The molecule has 1 aromatic rings. The lowest BCUT2D eigenvalue weighted by Crippen LogP contribution is -2.28. The van der Waals surface area contributed by atoms with Crippen LogP contribution in [0.15, 0.2) is 18.2 Å². The fraction of sp³-hybridized carbons (Fsp3) is 0.455. The maximum atomic E-state index is 9.74. The molecule has 1 heterocycles. The summed E-state index contributed by atoms with van der Waals surface area (Å²) in [5, 5.41) is 19.2. The Morgan fingerprint density at radius 2 is 2.27 bits per heavy atom. The number of aromatic hydroxyl groups is 1. The van der Waals surface area contributed by atoms with Crippen molar-refractivity contribution in [3.63, 3.8) is 0 Å². The summed E-state index contributed by atoms with van der Waals surface area (Å²) in [5.41, 5.74) is 0.752. The highest BCUT2D eigenvalue weighted by atomic mass is 16.5. The van der Waals surface area contributed by atoms with Crippen LogP contribution in [0.4, 0.5) is 5.69 Å². The van der Waals surface area contributed by atoms with Crippen molar-refractivity contribution < 1.29 is 14.9 Å². The molecule has 0 saturated carbocycles. The lowest BCUT2D eigenvalue weighted by molar-refractivity contribution is 0.185. The molecule has 1 fully saturated rings. The van der Waals surface area contributed by atoms with Crippen LogP contribution >= 0.6 is 0 Å². The Morgan fingerprint density at radius 3 is 2.87 bits per heavy atom. The molecule has 0 spiro atoms. The number of nitrogens with zero attached hydrogens (tertiary/aromatic N) is 1. The van der Waals surface area contributed by atoms with Crippen molar-refractivity contribution in [2.24, 2.45) is 0 Å². The van der Waals surface area contributed by atoms with Crippen molar-refractivity contribution >= 4 is 5.69 Å². The van der Waals surface area contributed by atoms with Gasteiger partial charge in [-0.3, -0.25) is 0 Å².